The summed E-state index contributed by atoms with van der Waals surface area (Å²) in [6.07, 6.45) is 4.83. The molecule has 154 valence electrons. The third-order valence-corrected chi connectivity index (χ3v) is 4.72. The Kier molecular flexibility index (Phi) is 8.78. The molecule has 0 saturated carbocycles. The number of pyridine rings is 1. The van der Waals surface area contributed by atoms with E-state index in [9.17, 15) is 0 Å². The predicted octanol–water partition coefficient (Wildman–Crippen LogP) is 2.81. The van der Waals surface area contributed by atoms with Crippen molar-refractivity contribution in [2.75, 3.05) is 25.0 Å². The maximum atomic E-state index is 4.72. The molecule has 0 aromatic carbocycles. The fraction of sp³-hybridized carbons (Fsp3) is 0.571. The van der Waals surface area contributed by atoms with Crippen molar-refractivity contribution in [1.29, 1.82) is 0 Å². The number of aryl methyl sites for hydroxylation is 2. The maximum Gasteiger partial charge on any atom is 0.191 e. The van der Waals surface area contributed by atoms with Gasteiger partial charge in [-0.3, -0.25) is 9.67 Å². The van der Waals surface area contributed by atoms with Crippen molar-refractivity contribution in [1.82, 2.24) is 25.4 Å². The first-order valence-electron chi connectivity index (χ1n) is 10.2. The zero-order chi connectivity index (χ0) is 20.4. The smallest absolute Gasteiger partial charge is 0.191 e. The lowest BCUT2D eigenvalue weighted by Crippen LogP contribution is -2.43. The highest BCUT2D eigenvalue weighted by Gasteiger charge is 2.13. The van der Waals surface area contributed by atoms with Crippen LogP contribution in [0.1, 0.15) is 43.6 Å². The summed E-state index contributed by atoms with van der Waals surface area (Å²) in [7, 11) is 2.00. The number of nitrogens with one attached hydrogen (secondary N) is 3. The summed E-state index contributed by atoms with van der Waals surface area (Å²) in [5.41, 5.74) is 3.66. The van der Waals surface area contributed by atoms with Gasteiger partial charge in [0.25, 0.3) is 0 Å². The SMILES string of the molecule is CCNC(=NCCCCNc1ccccn1)NC(C)Cc1c(C)nn(C)c1C. The lowest BCUT2D eigenvalue weighted by atomic mass is 10.1. The van der Waals surface area contributed by atoms with E-state index >= 15 is 0 Å². The van der Waals surface area contributed by atoms with Crippen LogP contribution < -0.4 is 16.0 Å². The van der Waals surface area contributed by atoms with Gasteiger partial charge < -0.3 is 16.0 Å². The quantitative estimate of drug-likeness (QED) is 0.333. The van der Waals surface area contributed by atoms with Crippen molar-refractivity contribution in [2.45, 2.75) is 53.0 Å². The number of hydrogen-bond donors (Lipinski definition) is 3. The number of aliphatic imine (C=N–C) groups is 1. The van der Waals surface area contributed by atoms with Crippen LogP contribution in [0, 0.1) is 13.8 Å². The summed E-state index contributed by atoms with van der Waals surface area (Å²) in [6, 6.07) is 6.18. The largest absolute Gasteiger partial charge is 0.370 e. The van der Waals surface area contributed by atoms with Crippen LogP contribution in [0.4, 0.5) is 5.82 Å². The van der Waals surface area contributed by atoms with E-state index in [4.69, 9.17) is 4.99 Å². The number of aromatic nitrogens is 3. The summed E-state index contributed by atoms with van der Waals surface area (Å²) in [4.78, 5) is 8.99. The molecule has 0 saturated heterocycles. The first kappa shape index (κ1) is 21.7. The minimum Gasteiger partial charge on any atom is -0.370 e. The topological polar surface area (TPSA) is 79.2 Å². The summed E-state index contributed by atoms with van der Waals surface area (Å²) < 4.78 is 1.95. The summed E-state index contributed by atoms with van der Waals surface area (Å²) in [5, 5.41) is 14.7. The number of anilines is 1. The maximum absolute atomic E-state index is 4.72. The Bertz CT molecular complexity index is 737. The molecule has 7 nitrogen and oxygen atoms in total. The van der Waals surface area contributed by atoms with Gasteiger partial charge in [-0.05, 0) is 64.7 Å². The zero-order valence-electron chi connectivity index (χ0n) is 17.9. The molecule has 1 unspecified atom stereocenters. The molecule has 3 N–H and O–H groups in total. The predicted molar refractivity (Wildman–Crippen MR) is 117 cm³/mol. The van der Waals surface area contributed by atoms with Crippen LogP contribution in [-0.2, 0) is 13.5 Å². The molecule has 2 heterocycles. The molecule has 2 aromatic heterocycles. The van der Waals surface area contributed by atoms with Gasteiger partial charge in [-0.25, -0.2) is 4.98 Å². The second-order valence-corrected chi connectivity index (χ2v) is 7.13. The van der Waals surface area contributed by atoms with Crippen molar-refractivity contribution in [3.63, 3.8) is 0 Å². The average molecular weight is 386 g/mol. The van der Waals surface area contributed by atoms with Gasteiger partial charge in [0.05, 0.1) is 5.69 Å². The molecule has 0 fully saturated rings. The number of hydrogen-bond acceptors (Lipinski definition) is 4. The minimum atomic E-state index is 0.283. The van der Waals surface area contributed by atoms with Crippen molar-refractivity contribution in [2.24, 2.45) is 12.0 Å². The highest BCUT2D eigenvalue weighted by atomic mass is 15.3. The van der Waals surface area contributed by atoms with Crippen LogP contribution in [0.25, 0.3) is 0 Å². The fourth-order valence-electron chi connectivity index (χ4n) is 3.13. The van der Waals surface area contributed by atoms with E-state index in [1.54, 1.807) is 6.20 Å². The van der Waals surface area contributed by atoms with E-state index in [-0.39, 0.29) is 6.04 Å². The van der Waals surface area contributed by atoms with Gasteiger partial charge in [0.2, 0.25) is 0 Å². The van der Waals surface area contributed by atoms with Gasteiger partial charge in [0.15, 0.2) is 5.96 Å². The Balaban J connectivity index is 1.76. The molecule has 0 spiro atoms. The minimum absolute atomic E-state index is 0.283. The van der Waals surface area contributed by atoms with Crippen molar-refractivity contribution in [3.05, 3.63) is 41.3 Å². The van der Waals surface area contributed by atoms with Gasteiger partial charge in [-0.1, -0.05) is 6.07 Å². The van der Waals surface area contributed by atoms with Gasteiger partial charge in [0.1, 0.15) is 5.82 Å². The lowest BCUT2D eigenvalue weighted by Gasteiger charge is -2.18. The third kappa shape index (κ3) is 6.87. The summed E-state index contributed by atoms with van der Waals surface area (Å²) in [5.74, 6) is 1.81. The number of guanidine groups is 1. The van der Waals surface area contributed by atoms with Gasteiger partial charge >= 0.3 is 0 Å². The third-order valence-electron chi connectivity index (χ3n) is 4.72. The molecule has 7 heteroatoms. The van der Waals surface area contributed by atoms with Crippen LogP contribution in [0.5, 0.6) is 0 Å². The average Bonchev–Trinajstić information content (AvgIpc) is 2.91. The highest BCUT2D eigenvalue weighted by Crippen LogP contribution is 2.14. The van der Waals surface area contributed by atoms with Gasteiger partial charge in [-0.15, -0.1) is 0 Å². The van der Waals surface area contributed by atoms with E-state index in [0.717, 1.165) is 56.4 Å². The van der Waals surface area contributed by atoms with Crippen LogP contribution in [0.2, 0.25) is 0 Å². The Morgan fingerprint density at radius 2 is 2.07 bits per heavy atom. The van der Waals surface area contributed by atoms with Crippen molar-refractivity contribution >= 4 is 11.8 Å². The second kappa shape index (κ2) is 11.3. The van der Waals surface area contributed by atoms with E-state index in [1.807, 2.05) is 29.9 Å². The Morgan fingerprint density at radius 1 is 1.25 bits per heavy atom. The van der Waals surface area contributed by atoms with E-state index in [1.165, 1.54) is 11.3 Å². The number of rotatable bonds is 10. The molecule has 2 aromatic rings. The van der Waals surface area contributed by atoms with Gasteiger partial charge in [-0.2, -0.15) is 5.10 Å². The molecule has 2 rings (SSSR count). The Labute approximate surface area is 169 Å². The molecule has 28 heavy (non-hydrogen) atoms. The van der Waals surface area contributed by atoms with Crippen LogP contribution in [-0.4, -0.2) is 46.4 Å². The Hall–Kier alpha value is -2.57. The number of nitrogens with zero attached hydrogens (tertiary/aromatic N) is 4. The van der Waals surface area contributed by atoms with Crippen molar-refractivity contribution in [3.8, 4) is 0 Å². The standard InChI is InChI=1S/C21H35N7/c1-6-22-21(25-14-10-9-13-24-20-11-7-8-12-23-20)26-16(2)15-19-17(3)27-28(5)18(19)4/h7-8,11-12,16H,6,9-10,13-15H2,1-5H3,(H,23,24)(H2,22,25,26). The van der Waals surface area contributed by atoms with Crippen LogP contribution >= 0.6 is 0 Å². The first-order chi connectivity index (χ1) is 13.5. The molecule has 0 aliphatic carbocycles. The molecule has 0 bridgehead atoms. The monoisotopic (exact) mass is 385 g/mol. The zero-order valence-corrected chi connectivity index (χ0v) is 17.9. The van der Waals surface area contributed by atoms with E-state index < -0.39 is 0 Å². The fourth-order valence-corrected chi connectivity index (χ4v) is 3.13. The molecular formula is C21H35N7. The number of unbranched alkanes of at least 4 members (excludes halogenated alkanes) is 1. The van der Waals surface area contributed by atoms with E-state index in [0.29, 0.717) is 0 Å². The van der Waals surface area contributed by atoms with Crippen LogP contribution in [0.15, 0.2) is 29.4 Å². The summed E-state index contributed by atoms with van der Waals surface area (Å²) >= 11 is 0. The molecule has 0 aliphatic heterocycles. The molecule has 0 aliphatic rings. The van der Waals surface area contributed by atoms with Crippen LogP contribution in [0.3, 0.4) is 0 Å². The Morgan fingerprint density at radius 3 is 2.71 bits per heavy atom. The van der Waals surface area contributed by atoms with Gasteiger partial charge in [0, 0.05) is 44.6 Å². The molecule has 1 atom stereocenters. The summed E-state index contributed by atoms with van der Waals surface area (Å²) in [6.45, 7) is 11.0. The normalized spacial score (nSPS) is 12.7. The first-order valence-corrected chi connectivity index (χ1v) is 10.2. The lowest BCUT2D eigenvalue weighted by molar-refractivity contribution is 0.633. The molecule has 0 radical (unpaired) electrons. The van der Waals surface area contributed by atoms with E-state index in [2.05, 4.69) is 53.7 Å². The second-order valence-electron chi connectivity index (χ2n) is 7.13. The molecular weight excluding hydrogens is 350 g/mol. The highest BCUT2D eigenvalue weighted by molar-refractivity contribution is 5.80. The molecule has 0 amide bonds. The van der Waals surface area contributed by atoms with Crippen molar-refractivity contribution < 1.29 is 0 Å².